The first-order valence-electron chi connectivity index (χ1n) is 9.30. The third-order valence-corrected chi connectivity index (χ3v) is 6.25. The number of benzene rings is 2. The summed E-state index contributed by atoms with van der Waals surface area (Å²) in [5.74, 6) is 0.883. The van der Waals surface area contributed by atoms with Gasteiger partial charge >= 0.3 is 0 Å². The van der Waals surface area contributed by atoms with Gasteiger partial charge in [-0.3, -0.25) is 0 Å². The van der Waals surface area contributed by atoms with Crippen molar-refractivity contribution in [3.8, 4) is 0 Å². The highest BCUT2D eigenvalue weighted by atomic mass is 32.2. The molecule has 8 nitrogen and oxygen atoms in total. The van der Waals surface area contributed by atoms with Gasteiger partial charge in [-0.15, -0.1) is 15.3 Å². The molecule has 9 heteroatoms. The fourth-order valence-corrected chi connectivity index (χ4v) is 4.83. The lowest BCUT2D eigenvalue weighted by atomic mass is 10.1. The normalized spacial score (nSPS) is 15.7. The number of thioether (sulfide) groups is 1. The molecule has 1 aliphatic heterocycles. The van der Waals surface area contributed by atoms with Crippen LogP contribution in [0.3, 0.4) is 0 Å². The second-order valence-corrected chi connectivity index (χ2v) is 8.12. The van der Waals surface area contributed by atoms with Gasteiger partial charge in [-0.2, -0.15) is 4.52 Å². The molecule has 0 bridgehead atoms. The van der Waals surface area contributed by atoms with Gasteiger partial charge in [-0.25, -0.2) is 4.68 Å². The lowest BCUT2D eigenvalue weighted by molar-refractivity contribution is 0.746. The Morgan fingerprint density at radius 2 is 1.93 bits per heavy atom. The van der Waals surface area contributed by atoms with E-state index in [1.54, 1.807) is 11.8 Å². The lowest BCUT2D eigenvalue weighted by Crippen LogP contribution is -2.16. The van der Waals surface area contributed by atoms with Gasteiger partial charge in [0.1, 0.15) is 5.37 Å². The van der Waals surface area contributed by atoms with Crippen LogP contribution in [0, 0.1) is 6.92 Å². The van der Waals surface area contributed by atoms with E-state index in [0.29, 0.717) is 6.42 Å². The number of hydrogen-bond acceptors (Lipinski definition) is 7. The summed E-state index contributed by atoms with van der Waals surface area (Å²) in [5.41, 5.74) is 8.67. The van der Waals surface area contributed by atoms with Crippen LogP contribution in [-0.4, -0.2) is 34.9 Å². The van der Waals surface area contributed by atoms with Crippen molar-refractivity contribution < 1.29 is 0 Å². The standard InChI is InChI=1S/C20H16N8S/c1-12-6-5-9-14-11-15(18-22-25-26-28(18)17(12)14)19-24-27-16(21-23-20(27)29-19)10-13-7-3-2-4-8-13/h2-9,11,19,24H,10H2,1H3. The minimum atomic E-state index is -0.0477. The number of fused-ring (bicyclic) bond motifs is 4. The van der Waals surface area contributed by atoms with Crippen LogP contribution in [0.4, 0.5) is 0 Å². The van der Waals surface area contributed by atoms with Crippen LogP contribution in [0.1, 0.15) is 27.9 Å². The number of nitrogens with one attached hydrogen (secondary N) is 1. The van der Waals surface area contributed by atoms with Crippen LogP contribution in [-0.2, 0) is 6.42 Å². The Morgan fingerprint density at radius 1 is 1.03 bits per heavy atom. The summed E-state index contributed by atoms with van der Waals surface area (Å²) in [7, 11) is 0. The fourth-order valence-electron chi connectivity index (χ4n) is 3.81. The van der Waals surface area contributed by atoms with E-state index < -0.39 is 0 Å². The second kappa shape index (κ2) is 6.28. The topological polar surface area (TPSA) is 85.8 Å². The molecule has 1 aliphatic rings. The predicted octanol–water partition coefficient (Wildman–Crippen LogP) is 3.12. The highest BCUT2D eigenvalue weighted by molar-refractivity contribution is 7.99. The second-order valence-electron chi connectivity index (χ2n) is 7.05. The largest absolute Gasteiger partial charge is 0.304 e. The first-order valence-corrected chi connectivity index (χ1v) is 10.2. The van der Waals surface area contributed by atoms with Crippen LogP contribution in [0.15, 0.2) is 59.8 Å². The summed E-state index contributed by atoms with van der Waals surface area (Å²) in [4.78, 5) is 0. The third-order valence-electron chi connectivity index (χ3n) is 5.18. The highest BCUT2D eigenvalue weighted by Gasteiger charge is 2.30. The minimum absolute atomic E-state index is 0.0477. The van der Waals surface area contributed by atoms with Crippen LogP contribution in [0.25, 0.3) is 16.6 Å². The average Bonchev–Trinajstić information content (AvgIpc) is 3.45. The van der Waals surface area contributed by atoms with Crippen molar-refractivity contribution in [3.05, 3.63) is 77.1 Å². The highest BCUT2D eigenvalue weighted by Crippen LogP contribution is 2.41. The Bertz CT molecular complexity index is 1360. The molecular weight excluding hydrogens is 384 g/mol. The van der Waals surface area contributed by atoms with Crippen molar-refractivity contribution in [2.45, 2.75) is 23.9 Å². The zero-order valence-corrected chi connectivity index (χ0v) is 16.3. The molecule has 1 N–H and O–H groups in total. The van der Waals surface area contributed by atoms with Gasteiger partial charge in [0.05, 0.1) is 5.52 Å². The van der Waals surface area contributed by atoms with Crippen molar-refractivity contribution in [3.63, 3.8) is 0 Å². The zero-order valence-electron chi connectivity index (χ0n) is 15.5. The molecule has 1 atom stereocenters. The maximum Gasteiger partial charge on any atom is 0.212 e. The minimum Gasteiger partial charge on any atom is -0.304 e. The fraction of sp³-hybridized carbons (Fsp3) is 0.150. The molecule has 2 aromatic carbocycles. The van der Waals surface area contributed by atoms with Gasteiger partial charge < -0.3 is 5.43 Å². The van der Waals surface area contributed by atoms with Gasteiger partial charge in [0.15, 0.2) is 11.5 Å². The molecule has 0 saturated heterocycles. The summed E-state index contributed by atoms with van der Waals surface area (Å²) >= 11 is 1.62. The lowest BCUT2D eigenvalue weighted by Gasteiger charge is -2.14. The van der Waals surface area contributed by atoms with Gasteiger partial charge in [-0.1, -0.05) is 60.3 Å². The molecular formula is C20H16N8S. The molecule has 6 rings (SSSR count). The summed E-state index contributed by atoms with van der Waals surface area (Å²) in [5, 5.41) is 23.1. The predicted molar refractivity (Wildman–Crippen MR) is 110 cm³/mol. The number of para-hydroxylation sites is 1. The molecule has 0 saturated carbocycles. The van der Waals surface area contributed by atoms with E-state index in [2.05, 4.69) is 74.5 Å². The maximum absolute atomic E-state index is 4.37. The summed E-state index contributed by atoms with van der Waals surface area (Å²) in [6, 6.07) is 18.7. The molecule has 0 fully saturated rings. The summed E-state index contributed by atoms with van der Waals surface area (Å²) < 4.78 is 3.80. The molecule has 5 aromatic rings. The molecule has 3 aromatic heterocycles. The van der Waals surface area contributed by atoms with Crippen LogP contribution >= 0.6 is 11.8 Å². The number of hydrogen-bond donors (Lipinski definition) is 1. The monoisotopic (exact) mass is 400 g/mol. The number of aryl methyl sites for hydroxylation is 1. The Morgan fingerprint density at radius 3 is 2.83 bits per heavy atom. The van der Waals surface area contributed by atoms with Crippen LogP contribution < -0.4 is 5.43 Å². The molecule has 4 heterocycles. The van der Waals surface area contributed by atoms with E-state index in [1.807, 2.05) is 27.4 Å². The first kappa shape index (κ1) is 16.5. The van der Waals surface area contributed by atoms with E-state index in [4.69, 9.17) is 0 Å². The van der Waals surface area contributed by atoms with Crippen molar-refractivity contribution in [2.75, 3.05) is 5.43 Å². The van der Waals surface area contributed by atoms with E-state index >= 15 is 0 Å². The average molecular weight is 400 g/mol. The van der Waals surface area contributed by atoms with Crippen molar-refractivity contribution in [1.29, 1.82) is 0 Å². The Labute approximate surface area is 169 Å². The van der Waals surface area contributed by atoms with Crippen LogP contribution in [0.2, 0.25) is 0 Å². The quantitative estimate of drug-likeness (QED) is 0.498. The molecule has 1 unspecified atom stereocenters. The van der Waals surface area contributed by atoms with Crippen molar-refractivity contribution >= 4 is 28.3 Å². The van der Waals surface area contributed by atoms with E-state index in [-0.39, 0.29) is 5.37 Å². The number of nitrogens with zero attached hydrogens (tertiary/aromatic N) is 7. The van der Waals surface area contributed by atoms with Gasteiger partial charge in [-0.05, 0) is 34.5 Å². The number of rotatable bonds is 3. The van der Waals surface area contributed by atoms with E-state index in [0.717, 1.165) is 38.7 Å². The number of aromatic nitrogens is 7. The summed E-state index contributed by atoms with van der Waals surface area (Å²) in [6.45, 7) is 2.07. The summed E-state index contributed by atoms with van der Waals surface area (Å²) in [6.07, 6.45) is 0.715. The molecule has 29 heavy (non-hydrogen) atoms. The van der Waals surface area contributed by atoms with Crippen molar-refractivity contribution in [2.24, 2.45) is 0 Å². The van der Waals surface area contributed by atoms with Crippen LogP contribution in [0.5, 0.6) is 0 Å². The molecule has 0 aliphatic carbocycles. The smallest absolute Gasteiger partial charge is 0.212 e. The Balaban J connectivity index is 1.40. The number of tetrazole rings is 1. The van der Waals surface area contributed by atoms with E-state index in [9.17, 15) is 0 Å². The number of pyridine rings is 1. The third kappa shape index (κ3) is 2.58. The zero-order chi connectivity index (χ0) is 19.4. The van der Waals surface area contributed by atoms with Gasteiger partial charge in [0.2, 0.25) is 5.16 Å². The van der Waals surface area contributed by atoms with Gasteiger partial charge in [0, 0.05) is 17.4 Å². The molecule has 0 amide bonds. The van der Waals surface area contributed by atoms with Gasteiger partial charge in [0.25, 0.3) is 0 Å². The molecule has 0 spiro atoms. The molecule has 0 radical (unpaired) electrons. The SMILES string of the molecule is Cc1cccc2cc(C3Nn4c(Cc5ccccc5)nnc4S3)c3nnnn3c12. The molecule has 142 valence electrons. The Kier molecular flexibility index (Phi) is 3.57. The van der Waals surface area contributed by atoms with Crippen molar-refractivity contribution in [1.82, 2.24) is 34.9 Å². The first-order chi connectivity index (χ1) is 14.3. The van der Waals surface area contributed by atoms with E-state index in [1.165, 1.54) is 5.56 Å². The maximum atomic E-state index is 4.37. The Hall–Kier alpha value is -3.46.